The lowest BCUT2D eigenvalue weighted by Crippen LogP contribution is -2.02. The van der Waals surface area contributed by atoms with Gasteiger partial charge in [0.25, 0.3) is 5.88 Å². The maximum Gasteiger partial charge on any atom is 0.388 e. The molecule has 0 atom stereocenters. The molecule has 3 nitrogen and oxygen atoms in total. The molecule has 0 fully saturated rings. The van der Waals surface area contributed by atoms with Crippen molar-refractivity contribution in [3.8, 4) is 17.1 Å². The van der Waals surface area contributed by atoms with Crippen LogP contribution in [0.1, 0.15) is 9.30 Å². The van der Waals surface area contributed by atoms with Crippen LogP contribution in [0.4, 0.5) is 8.78 Å². The Balaban J connectivity index is 2.52. The fourth-order valence-corrected chi connectivity index (χ4v) is 3.42. The Morgan fingerprint density at radius 1 is 1.14 bits per heavy atom. The Bertz CT molecular complexity index is 667. The molecule has 0 saturated heterocycles. The van der Waals surface area contributed by atoms with Gasteiger partial charge in [-0.15, -0.1) is 5.10 Å². The van der Waals surface area contributed by atoms with Crippen molar-refractivity contribution in [2.45, 2.75) is 10.3 Å². The largest absolute Gasteiger partial charge is 0.414 e. The Kier molecular flexibility index (Phi) is 5.76. The average molecular weight is 485 g/mol. The highest BCUT2D eigenvalue weighted by molar-refractivity contribution is 9.24. The molecule has 1 aromatic carbocycles. The number of H-pyrrole nitrogens is 1. The van der Waals surface area contributed by atoms with E-state index in [1.54, 1.807) is 6.07 Å². The van der Waals surface area contributed by atoms with Crippen molar-refractivity contribution in [1.82, 2.24) is 10.2 Å². The van der Waals surface area contributed by atoms with E-state index in [-0.39, 0.29) is 14.5 Å². The van der Waals surface area contributed by atoms with Crippen molar-refractivity contribution < 1.29 is 13.5 Å². The van der Waals surface area contributed by atoms with Crippen LogP contribution in [0.5, 0.6) is 5.88 Å². The van der Waals surface area contributed by atoms with Gasteiger partial charge in [0.05, 0.1) is 14.5 Å². The maximum atomic E-state index is 12.2. The molecule has 0 radical (unpaired) electrons. The van der Waals surface area contributed by atoms with Gasteiger partial charge < -0.3 is 4.74 Å². The fourth-order valence-electron chi connectivity index (χ4n) is 1.58. The Morgan fingerprint density at radius 3 is 2.38 bits per heavy atom. The van der Waals surface area contributed by atoms with Gasteiger partial charge in [-0.05, 0) is 17.7 Å². The standard InChI is InChI=1S/C11H5Br2Cl3F2N2O/c12-9(13)4-1-3(5(14)2-6(4)15)8-7(16)10(20-19-8)21-11(17)18/h1-2,9,11H,(H,19,20). The van der Waals surface area contributed by atoms with Gasteiger partial charge in [-0.1, -0.05) is 66.7 Å². The van der Waals surface area contributed by atoms with Gasteiger partial charge in [-0.3, -0.25) is 5.10 Å². The van der Waals surface area contributed by atoms with Crippen LogP contribution < -0.4 is 4.74 Å². The van der Waals surface area contributed by atoms with Crippen molar-refractivity contribution in [1.29, 1.82) is 0 Å². The molecule has 1 N–H and O–H groups in total. The first-order valence-electron chi connectivity index (χ1n) is 5.27. The molecular weight excluding hydrogens is 480 g/mol. The first-order valence-corrected chi connectivity index (χ1v) is 8.24. The predicted molar refractivity (Wildman–Crippen MR) is 86.3 cm³/mol. The number of hydrogen-bond acceptors (Lipinski definition) is 2. The van der Waals surface area contributed by atoms with E-state index >= 15 is 0 Å². The number of rotatable bonds is 4. The molecule has 1 heterocycles. The second-order valence-electron chi connectivity index (χ2n) is 3.75. The molecule has 0 bridgehead atoms. The fraction of sp³-hybridized carbons (Fsp3) is 0.182. The molecule has 2 rings (SSSR count). The summed E-state index contributed by atoms with van der Waals surface area (Å²) in [5, 5.41) is 6.75. The number of alkyl halides is 4. The van der Waals surface area contributed by atoms with E-state index in [0.29, 0.717) is 21.2 Å². The lowest BCUT2D eigenvalue weighted by atomic mass is 10.1. The third-order valence-electron chi connectivity index (χ3n) is 2.47. The van der Waals surface area contributed by atoms with Gasteiger partial charge in [0.1, 0.15) is 5.02 Å². The van der Waals surface area contributed by atoms with Crippen molar-refractivity contribution in [3.63, 3.8) is 0 Å². The lowest BCUT2D eigenvalue weighted by molar-refractivity contribution is -0.0528. The third-order valence-corrected chi connectivity index (χ3v) is 4.45. The molecule has 0 aliphatic heterocycles. The molecule has 0 amide bonds. The van der Waals surface area contributed by atoms with Gasteiger partial charge >= 0.3 is 6.61 Å². The monoisotopic (exact) mass is 482 g/mol. The summed E-state index contributed by atoms with van der Waals surface area (Å²) in [6, 6.07) is 3.18. The average Bonchev–Trinajstić information content (AvgIpc) is 2.70. The smallest absolute Gasteiger partial charge is 0.388 e. The number of nitrogens with zero attached hydrogens (tertiary/aromatic N) is 1. The van der Waals surface area contributed by atoms with Crippen LogP contribution >= 0.6 is 66.7 Å². The molecule has 10 heteroatoms. The lowest BCUT2D eigenvalue weighted by Gasteiger charge is -2.10. The van der Waals surface area contributed by atoms with Crippen LogP contribution in [-0.2, 0) is 0 Å². The number of aromatic amines is 1. The minimum atomic E-state index is -3.02. The van der Waals surface area contributed by atoms with E-state index in [9.17, 15) is 8.78 Å². The zero-order valence-corrected chi connectivity index (χ0v) is 15.3. The second-order valence-corrected chi connectivity index (χ2v) is 8.00. The van der Waals surface area contributed by atoms with Crippen LogP contribution in [-0.4, -0.2) is 16.8 Å². The molecule has 2 aromatic rings. The maximum absolute atomic E-state index is 12.2. The van der Waals surface area contributed by atoms with Gasteiger partial charge in [-0.25, -0.2) is 0 Å². The van der Waals surface area contributed by atoms with Crippen LogP contribution in [0.3, 0.4) is 0 Å². The van der Waals surface area contributed by atoms with Crippen LogP contribution in [0, 0.1) is 0 Å². The van der Waals surface area contributed by atoms with E-state index in [4.69, 9.17) is 34.8 Å². The zero-order chi connectivity index (χ0) is 15.7. The number of aromatic nitrogens is 2. The van der Waals surface area contributed by atoms with Crippen molar-refractivity contribution in [2.24, 2.45) is 0 Å². The Labute approximate surface area is 150 Å². The topological polar surface area (TPSA) is 37.9 Å². The zero-order valence-electron chi connectivity index (χ0n) is 9.81. The molecule has 0 aliphatic carbocycles. The van der Waals surface area contributed by atoms with Gasteiger partial charge in [0.15, 0.2) is 0 Å². The van der Waals surface area contributed by atoms with Crippen LogP contribution in [0.2, 0.25) is 15.1 Å². The van der Waals surface area contributed by atoms with Gasteiger partial charge in [0, 0.05) is 10.6 Å². The molecule has 0 unspecified atom stereocenters. The number of nitrogens with one attached hydrogen (secondary N) is 1. The summed E-state index contributed by atoms with van der Waals surface area (Å²) in [6.07, 6.45) is 0. The SMILES string of the molecule is FC(F)Oc1n[nH]c(-c2cc(C(Br)Br)c(Cl)cc2Cl)c1Cl. The van der Waals surface area contributed by atoms with Crippen molar-refractivity contribution in [3.05, 3.63) is 32.8 Å². The Morgan fingerprint density at radius 2 is 1.81 bits per heavy atom. The summed E-state index contributed by atoms with van der Waals surface area (Å²) in [5.41, 5.74) is 1.41. The van der Waals surface area contributed by atoms with Crippen molar-refractivity contribution >= 4 is 66.7 Å². The minimum absolute atomic E-state index is 0.0915. The number of halogens is 7. The predicted octanol–water partition coefficient (Wildman–Crippen LogP) is 6.43. The first-order chi connectivity index (χ1) is 9.81. The minimum Gasteiger partial charge on any atom is -0.414 e. The van der Waals surface area contributed by atoms with Gasteiger partial charge in [-0.2, -0.15) is 8.78 Å². The molecule has 0 saturated carbocycles. The highest BCUT2D eigenvalue weighted by Crippen LogP contribution is 2.43. The van der Waals surface area contributed by atoms with Gasteiger partial charge in [0.2, 0.25) is 0 Å². The summed E-state index contributed by atoms with van der Waals surface area (Å²) < 4.78 is 28.4. The number of ether oxygens (including phenoxy) is 1. The van der Waals surface area contributed by atoms with Crippen molar-refractivity contribution in [2.75, 3.05) is 0 Å². The molecule has 114 valence electrons. The Hall–Kier alpha value is -0.0800. The van der Waals surface area contributed by atoms with Crippen LogP contribution in [0.15, 0.2) is 12.1 Å². The summed E-state index contributed by atoms with van der Waals surface area (Å²) >= 11 is 24.8. The number of hydrogen-bond donors (Lipinski definition) is 1. The molecule has 1 aromatic heterocycles. The van der Waals surface area contributed by atoms with E-state index < -0.39 is 12.5 Å². The summed E-state index contributed by atoms with van der Waals surface area (Å²) in [4.78, 5) is 0. The van der Waals surface area contributed by atoms with E-state index in [2.05, 4.69) is 46.8 Å². The summed E-state index contributed by atoms with van der Waals surface area (Å²) in [5.74, 6) is -0.400. The third kappa shape index (κ3) is 3.82. The normalized spacial score (nSPS) is 11.5. The summed E-state index contributed by atoms with van der Waals surface area (Å²) in [6.45, 7) is -3.02. The van der Waals surface area contributed by atoms with Crippen LogP contribution in [0.25, 0.3) is 11.3 Å². The van der Waals surface area contributed by atoms with E-state index in [0.717, 1.165) is 0 Å². The highest BCUT2D eigenvalue weighted by atomic mass is 79.9. The molecule has 0 spiro atoms. The molecular formula is C11H5Br2Cl3F2N2O. The summed E-state index contributed by atoms with van der Waals surface area (Å²) in [7, 11) is 0. The molecule has 21 heavy (non-hydrogen) atoms. The quantitative estimate of drug-likeness (QED) is 0.507. The molecule has 0 aliphatic rings. The van der Waals surface area contributed by atoms with E-state index in [1.807, 2.05) is 0 Å². The van der Waals surface area contributed by atoms with E-state index in [1.165, 1.54) is 6.07 Å². The first kappa shape index (κ1) is 17.3. The second kappa shape index (κ2) is 7.00. The number of benzene rings is 1. The highest BCUT2D eigenvalue weighted by Gasteiger charge is 2.21.